The molecule has 0 heterocycles. The van der Waals surface area contributed by atoms with E-state index in [2.05, 4.69) is 112 Å². The summed E-state index contributed by atoms with van der Waals surface area (Å²) in [5, 5.41) is 0. The Bertz CT molecular complexity index is 1320. The Morgan fingerprint density at radius 3 is 1.33 bits per heavy atom. The maximum Gasteiger partial charge on any atom is 0.0215 e. The predicted molar refractivity (Wildman–Crippen MR) is 170 cm³/mol. The summed E-state index contributed by atoms with van der Waals surface area (Å²) in [6.07, 6.45) is 13.4. The average Bonchev–Trinajstić information content (AvgIpc) is 3.22. The van der Waals surface area contributed by atoms with Gasteiger partial charge in [-0.3, -0.25) is 0 Å². The first-order chi connectivity index (χ1) is 19.0. The molecule has 4 aromatic carbocycles. The molecule has 5 rings (SSSR count). The summed E-state index contributed by atoms with van der Waals surface area (Å²) in [7, 11) is 0. The van der Waals surface area contributed by atoms with Gasteiger partial charge in [-0.2, -0.15) is 0 Å². The second kappa shape index (κ2) is 12.0. The molecule has 0 radical (unpaired) electrons. The highest BCUT2D eigenvalue weighted by atomic mass is 14.4. The van der Waals surface area contributed by atoms with E-state index in [-0.39, 0.29) is 5.41 Å². The Morgan fingerprint density at radius 2 is 0.949 bits per heavy atom. The fourth-order valence-corrected chi connectivity index (χ4v) is 6.54. The van der Waals surface area contributed by atoms with Crippen LogP contribution in [0.4, 0.5) is 0 Å². The quantitative estimate of drug-likeness (QED) is 0.166. The van der Waals surface area contributed by atoms with Gasteiger partial charge in [-0.1, -0.05) is 134 Å². The van der Waals surface area contributed by atoms with Gasteiger partial charge >= 0.3 is 0 Å². The van der Waals surface area contributed by atoms with Gasteiger partial charge in [0.2, 0.25) is 0 Å². The Balaban J connectivity index is 1.37. The first-order valence-corrected chi connectivity index (χ1v) is 14.7. The van der Waals surface area contributed by atoms with E-state index in [1.165, 1.54) is 83.0 Å². The molecule has 39 heavy (non-hydrogen) atoms. The lowest BCUT2D eigenvalue weighted by Crippen LogP contribution is -2.26. The normalized spacial score (nSPS) is 13.1. The number of hydrogen-bond acceptors (Lipinski definition) is 0. The molecule has 198 valence electrons. The molecule has 0 N–H and O–H groups in total. The zero-order chi connectivity index (χ0) is 27.2. The number of unbranched alkanes of at least 4 members (excludes halogenated alkanes) is 2. The van der Waals surface area contributed by atoms with Crippen LogP contribution in [0.25, 0.3) is 23.3 Å². The highest BCUT2D eigenvalue weighted by Gasteiger charge is 2.42. The molecule has 0 aliphatic heterocycles. The van der Waals surface area contributed by atoms with Crippen LogP contribution in [0.5, 0.6) is 0 Å². The first kappa shape index (κ1) is 26.9. The molecule has 0 amide bonds. The summed E-state index contributed by atoms with van der Waals surface area (Å²) >= 11 is 0. The molecular weight excluding hydrogens is 468 g/mol. The van der Waals surface area contributed by atoms with E-state index in [4.69, 9.17) is 0 Å². The largest absolute Gasteiger partial charge is 0.0985 e. The molecule has 0 fully saturated rings. The SMILES string of the molecule is C=Cc1ccc(CCCCC2(CCCCc3ccc(C=C)cc3)c3cc(C)ccc3-c3ccc(C)cc32)cc1. The third kappa shape index (κ3) is 5.86. The van der Waals surface area contributed by atoms with Gasteiger partial charge in [0.15, 0.2) is 0 Å². The van der Waals surface area contributed by atoms with E-state index in [1.54, 1.807) is 11.1 Å². The van der Waals surface area contributed by atoms with E-state index in [1.807, 2.05) is 12.2 Å². The molecule has 0 heteroatoms. The minimum atomic E-state index is 0.0993. The van der Waals surface area contributed by atoms with Gasteiger partial charge in [0, 0.05) is 5.41 Å². The summed E-state index contributed by atoms with van der Waals surface area (Å²) in [6, 6.07) is 32.1. The molecule has 0 spiro atoms. The third-order valence-electron chi connectivity index (χ3n) is 8.74. The van der Waals surface area contributed by atoms with E-state index in [9.17, 15) is 0 Å². The minimum absolute atomic E-state index is 0.0993. The Morgan fingerprint density at radius 1 is 0.538 bits per heavy atom. The van der Waals surface area contributed by atoms with Crippen LogP contribution in [-0.2, 0) is 18.3 Å². The molecular formula is C39H42. The van der Waals surface area contributed by atoms with Crippen molar-refractivity contribution in [3.63, 3.8) is 0 Å². The van der Waals surface area contributed by atoms with Crippen molar-refractivity contribution >= 4 is 12.2 Å². The summed E-state index contributed by atoms with van der Waals surface area (Å²) < 4.78 is 0. The molecule has 1 aliphatic rings. The Hall–Kier alpha value is -3.64. The van der Waals surface area contributed by atoms with Crippen LogP contribution in [-0.4, -0.2) is 0 Å². The number of benzene rings is 4. The van der Waals surface area contributed by atoms with Crippen LogP contribution in [0.15, 0.2) is 98.1 Å². The van der Waals surface area contributed by atoms with Gasteiger partial charge in [0.1, 0.15) is 0 Å². The van der Waals surface area contributed by atoms with E-state index < -0.39 is 0 Å². The smallest absolute Gasteiger partial charge is 0.0215 e. The maximum absolute atomic E-state index is 3.89. The van der Waals surface area contributed by atoms with E-state index in [0.29, 0.717) is 0 Å². The van der Waals surface area contributed by atoms with Gasteiger partial charge in [0.25, 0.3) is 0 Å². The van der Waals surface area contributed by atoms with E-state index >= 15 is 0 Å². The summed E-state index contributed by atoms with van der Waals surface area (Å²) in [4.78, 5) is 0. The Kier molecular flexibility index (Phi) is 8.32. The van der Waals surface area contributed by atoms with Crippen LogP contribution < -0.4 is 0 Å². The summed E-state index contributed by atoms with van der Waals surface area (Å²) in [6.45, 7) is 12.3. The van der Waals surface area contributed by atoms with Gasteiger partial charge < -0.3 is 0 Å². The van der Waals surface area contributed by atoms with Gasteiger partial charge in [-0.05, 0) is 96.9 Å². The molecule has 0 bridgehead atoms. The molecule has 0 aromatic heterocycles. The van der Waals surface area contributed by atoms with Crippen LogP contribution in [0.1, 0.15) is 83.0 Å². The fraction of sp³-hybridized carbons (Fsp3) is 0.282. The molecule has 0 unspecified atom stereocenters. The fourth-order valence-electron chi connectivity index (χ4n) is 6.54. The van der Waals surface area contributed by atoms with Crippen molar-refractivity contribution in [2.75, 3.05) is 0 Å². The topological polar surface area (TPSA) is 0 Å². The van der Waals surface area contributed by atoms with Crippen LogP contribution in [0.2, 0.25) is 0 Å². The lowest BCUT2D eigenvalue weighted by molar-refractivity contribution is 0.407. The van der Waals surface area contributed by atoms with E-state index in [0.717, 1.165) is 12.8 Å². The predicted octanol–water partition coefficient (Wildman–Crippen LogP) is 10.7. The second-order valence-electron chi connectivity index (χ2n) is 11.5. The Labute approximate surface area is 236 Å². The molecule has 1 aliphatic carbocycles. The second-order valence-corrected chi connectivity index (χ2v) is 11.5. The standard InChI is InChI=1S/C39H42/c1-5-31-15-19-33(20-16-31)11-7-9-25-39(26-10-8-12-34-21-17-32(6-2)18-22-34)37-27-29(3)13-23-35(37)36-24-14-30(4)28-38(36)39/h5-6,13-24,27-28H,1-2,7-12,25-26H2,3-4H3. The van der Waals surface area contributed by atoms with Crippen molar-refractivity contribution in [3.8, 4) is 11.1 Å². The van der Waals surface area contributed by atoms with Crippen LogP contribution in [0, 0.1) is 13.8 Å². The summed E-state index contributed by atoms with van der Waals surface area (Å²) in [5.41, 5.74) is 14.1. The van der Waals surface area contributed by atoms with Crippen molar-refractivity contribution in [2.24, 2.45) is 0 Å². The van der Waals surface area contributed by atoms with Crippen molar-refractivity contribution in [1.29, 1.82) is 0 Å². The molecule has 0 nitrogen and oxygen atoms in total. The van der Waals surface area contributed by atoms with Crippen LogP contribution in [0.3, 0.4) is 0 Å². The van der Waals surface area contributed by atoms with Crippen molar-refractivity contribution < 1.29 is 0 Å². The minimum Gasteiger partial charge on any atom is -0.0985 e. The number of fused-ring (bicyclic) bond motifs is 3. The lowest BCUT2D eigenvalue weighted by atomic mass is 9.70. The highest BCUT2D eigenvalue weighted by molar-refractivity contribution is 5.81. The van der Waals surface area contributed by atoms with Crippen molar-refractivity contribution in [2.45, 2.75) is 70.6 Å². The summed E-state index contributed by atoms with van der Waals surface area (Å²) in [5.74, 6) is 0. The van der Waals surface area contributed by atoms with Gasteiger partial charge in [-0.25, -0.2) is 0 Å². The van der Waals surface area contributed by atoms with Crippen LogP contribution >= 0.6 is 0 Å². The van der Waals surface area contributed by atoms with Crippen molar-refractivity contribution in [1.82, 2.24) is 0 Å². The first-order valence-electron chi connectivity index (χ1n) is 14.7. The molecule has 0 saturated carbocycles. The number of aryl methyl sites for hydroxylation is 4. The van der Waals surface area contributed by atoms with Crippen molar-refractivity contribution in [3.05, 3.63) is 143 Å². The van der Waals surface area contributed by atoms with Gasteiger partial charge in [-0.15, -0.1) is 0 Å². The lowest BCUT2D eigenvalue weighted by Gasteiger charge is -2.33. The zero-order valence-corrected chi connectivity index (χ0v) is 23.8. The highest BCUT2D eigenvalue weighted by Crippen LogP contribution is 2.54. The maximum atomic E-state index is 3.89. The number of hydrogen-bond donors (Lipinski definition) is 0. The number of rotatable bonds is 12. The molecule has 4 aromatic rings. The monoisotopic (exact) mass is 510 g/mol. The average molecular weight is 511 g/mol. The zero-order valence-electron chi connectivity index (χ0n) is 23.8. The van der Waals surface area contributed by atoms with Gasteiger partial charge in [0.05, 0.1) is 0 Å². The molecule has 0 atom stereocenters. The third-order valence-corrected chi connectivity index (χ3v) is 8.74. The molecule has 0 saturated heterocycles.